The average molecular weight is 276 g/mol. The van der Waals surface area contributed by atoms with E-state index in [0.29, 0.717) is 11.3 Å². The van der Waals surface area contributed by atoms with E-state index in [-0.39, 0.29) is 6.54 Å². The van der Waals surface area contributed by atoms with Gasteiger partial charge in [0, 0.05) is 18.7 Å². The van der Waals surface area contributed by atoms with Crippen molar-refractivity contribution in [3.05, 3.63) is 29.8 Å². The fourth-order valence-electron chi connectivity index (χ4n) is 1.39. The van der Waals surface area contributed by atoms with Crippen LogP contribution < -0.4 is 11.1 Å². The summed E-state index contributed by atoms with van der Waals surface area (Å²) < 4.78 is 35.6. The van der Waals surface area contributed by atoms with Gasteiger partial charge in [0.05, 0.1) is 12.5 Å². The number of rotatable bonds is 5. The highest BCUT2D eigenvalue weighted by Crippen LogP contribution is 2.21. The summed E-state index contributed by atoms with van der Waals surface area (Å²) >= 11 is 0. The van der Waals surface area contributed by atoms with Crippen molar-refractivity contribution in [2.24, 2.45) is 0 Å². The summed E-state index contributed by atoms with van der Waals surface area (Å²) in [5.41, 5.74) is 6.54. The molecule has 7 heteroatoms. The molecule has 1 aromatic carbocycles. The van der Waals surface area contributed by atoms with E-state index in [9.17, 15) is 23.1 Å². The van der Waals surface area contributed by atoms with Crippen molar-refractivity contribution in [1.29, 1.82) is 0 Å². The number of aliphatic hydroxyl groups excluding tert-OH is 1. The summed E-state index contributed by atoms with van der Waals surface area (Å²) in [6, 6.07) is 6.35. The number of hydrogen-bond acceptors (Lipinski definition) is 3. The third kappa shape index (κ3) is 6.10. The number of amides is 1. The van der Waals surface area contributed by atoms with Crippen LogP contribution in [-0.4, -0.2) is 23.7 Å². The molecule has 0 saturated heterocycles. The van der Waals surface area contributed by atoms with Gasteiger partial charge in [0.2, 0.25) is 5.91 Å². The number of carbonyl (C=O) groups excluding carboxylic acids is 1. The van der Waals surface area contributed by atoms with E-state index in [1.54, 1.807) is 24.3 Å². The Morgan fingerprint density at radius 3 is 2.42 bits per heavy atom. The molecular formula is C12H15F3N2O2. The van der Waals surface area contributed by atoms with E-state index in [1.165, 1.54) is 0 Å². The first-order chi connectivity index (χ1) is 8.78. The van der Waals surface area contributed by atoms with Crippen LogP contribution in [0.5, 0.6) is 0 Å². The molecule has 0 heterocycles. The first-order valence-corrected chi connectivity index (χ1v) is 5.65. The summed E-state index contributed by atoms with van der Waals surface area (Å²) in [6.45, 7) is -0.138. The minimum absolute atomic E-state index is 0.138. The van der Waals surface area contributed by atoms with Crippen molar-refractivity contribution in [2.75, 3.05) is 12.3 Å². The van der Waals surface area contributed by atoms with Gasteiger partial charge in [-0.1, -0.05) is 12.1 Å². The normalized spacial score (nSPS) is 13.1. The molecule has 0 aliphatic heterocycles. The Hall–Kier alpha value is -1.76. The maximum atomic E-state index is 11.9. The molecule has 0 saturated carbocycles. The molecule has 4 N–H and O–H groups in total. The quantitative estimate of drug-likeness (QED) is 0.717. The SMILES string of the molecule is Nc1ccc(C(O)CNC(=O)CCC(F)(F)F)cc1. The summed E-state index contributed by atoms with van der Waals surface area (Å²) in [4.78, 5) is 11.1. The van der Waals surface area contributed by atoms with Crippen LogP contribution in [0.25, 0.3) is 0 Å². The zero-order chi connectivity index (χ0) is 14.5. The third-order valence-electron chi connectivity index (χ3n) is 2.45. The lowest BCUT2D eigenvalue weighted by Crippen LogP contribution is -2.29. The van der Waals surface area contributed by atoms with E-state index >= 15 is 0 Å². The van der Waals surface area contributed by atoms with Crippen LogP contribution in [-0.2, 0) is 4.79 Å². The molecule has 4 nitrogen and oxygen atoms in total. The fraction of sp³-hybridized carbons (Fsp3) is 0.417. The number of halogens is 3. The maximum absolute atomic E-state index is 11.9. The predicted octanol–water partition coefficient (Wildman–Crippen LogP) is 1.76. The van der Waals surface area contributed by atoms with Crippen molar-refractivity contribution >= 4 is 11.6 Å². The van der Waals surface area contributed by atoms with E-state index < -0.39 is 31.0 Å². The van der Waals surface area contributed by atoms with Crippen LogP contribution in [0.2, 0.25) is 0 Å². The van der Waals surface area contributed by atoms with Gasteiger partial charge in [-0.25, -0.2) is 0 Å². The number of aliphatic hydroxyl groups is 1. The number of nitrogen functional groups attached to an aromatic ring is 1. The van der Waals surface area contributed by atoms with Gasteiger partial charge in [-0.05, 0) is 17.7 Å². The van der Waals surface area contributed by atoms with Crippen LogP contribution >= 0.6 is 0 Å². The zero-order valence-electron chi connectivity index (χ0n) is 10.1. The van der Waals surface area contributed by atoms with Gasteiger partial charge < -0.3 is 16.2 Å². The molecule has 1 amide bonds. The Labute approximate surface area is 108 Å². The molecule has 19 heavy (non-hydrogen) atoms. The van der Waals surface area contributed by atoms with Gasteiger partial charge in [0.15, 0.2) is 0 Å². The summed E-state index contributed by atoms with van der Waals surface area (Å²) in [5, 5.41) is 12.0. The Morgan fingerprint density at radius 1 is 1.32 bits per heavy atom. The summed E-state index contributed by atoms with van der Waals surface area (Å²) in [6.07, 6.45) is -7.14. The minimum Gasteiger partial charge on any atom is -0.399 e. The van der Waals surface area contributed by atoms with Crippen molar-refractivity contribution in [2.45, 2.75) is 25.1 Å². The molecule has 1 rings (SSSR count). The number of anilines is 1. The van der Waals surface area contributed by atoms with Crippen LogP contribution in [0.3, 0.4) is 0 Å². The van der Waals surface area contributed by atoms with Crippen molar-refractivity contribution in [1.82, 2.24) is 5.32 Å². The van der Waals surface area contributed by atoms with E-state index in [2.05, 4.69) is 5.32 Å². The van der Waals surface area contributed by atoms with E-state index in [1.807, 2.05) is 0 Å². The zero-order valence-corrected chi connectivity index (χ0v) is 10.1. The molecule has 0 aromatic heterocycles. The highest BCUT2D eigenvalue weighted by atomic mass is 19.4. The Kier molecular flexibility index (Phi) is 5.17. The topological polar surface area (TPSA) is 75.3 Å². The lowest BCUT2D eigenvalue weighted by atomic mass is 10.1. The molecule has 1 unspecified atom stereocenters. The number of nitrogens with one attached hydrogen (secondary N) is 1. The second-order valence-electron chi connectivity index (χ2n) is 4.10. The number of hydrogen-bond donors (Lipinski definition) is 3. The number of nitrogens with two attached hydrogens (primary N) is 1. The van der Waals surface area contributed by atoms with E-state index in [0.717, 1.165) is 0 Å². The Morgan fingerprint density at radius 2 is 1.89 bits per heavy atom. The second-order valence-corrected chi connectivity index (χ2v) is 4.10. The van der Waals surface area contributed by atoms with Crippen molar-refractivity contribution in [3.63, 3.8) is 0 Å². The molecule has 106 valence electrons. The highest BCUT2D eigenvalue weighted by molar-refractivity contribution is 5.75. The van der Waals surface area contributed by atoms with Crippen LogP contribution in [0.15, 0.2) is 24.3 Å². The Balaban J connectivity index is 2.35. The molecule has 0 radical (unpaired) electrons. The van der Waals surface area contributed by atoms with Crippen molar-refractivity contribution < 1.29 is 23.1 Å². The monoisotopic (exact) mass is 276 g/mol. The molecule has 0 fully saturated rings. The second kappa shape index (κ2) is 6.42. The van der Waals surface area contributed by atoms with Crippen LogP contribution in [0.4, 0.5) is 18.9 Å². The van der Waals surface area contributed by atoms with Gasteiger partial charge in [0.25, 0.3) is 0 Å². The number of benzene rings is 1. The first-order valence-electron chi connectivity index (χ1n) is 5.65. The van der Waals surface area contributed by atoms with Gasteiger partial charge in [-0.15, -0.1) is 0 Å². The molecule has 0 spiro atoms. The van der Waals surface area contributed by atoms with Gasteiger partial charge in [0.1, 0.15) is 0 Å². The number of alkyl halides is 3. The summed E-state index contributed by atoms with van der Waals surface area (Å²) in [5.74, 6) is -0.744. The van der Waals surface area contributed by atoms with Gasteiger partial charge in [-0.2, -0.15) is 13.2 Å². The lowest BCUT2D eigenvalue weighted by Gasteiger charge is -2.13. The fourth-order valence-corrected chi connectivity index (χ4v) is 1.39. The molecule has 1 aromatic rings. The molecule has 0 aliphatic carbocycles. The molecule has 1 atom stereocenters. The molecule has 0 aliphatic rings. The first kappa shape index (κ1) is 15.3. The minimum atomic E-state index is -4.35. The van der Waals surface area contributed by atoms with Gasteiger partial charge in [-0.3, -0.25) is 4.79 Å². The number of carbonyl (C=O) groups is 1. The molecular weight excluding hydrogens is 261 g/mol. The lowest BCUT2D eigenvalue weighted by molar-refractivity contribution is -0.144. The Bertz CT molecular complexity index is 418. The smallest absolute Gasteiger partial charge is 0.389 e. The average Bonchev–Trinajstić information content (AvgIpc) is 2.33. The standard InChI is InChI=1S/C12H15F3N2O2/c13-12(14,15)6-5-11(19)17-7-10(18)8-1-3-9(16)4-2-8/h1-4,10,18H,5-7,16H2,(H,17,19). The largest absolute Gasteiger partial charge is 0.399 e. The third-order valence-corrected chi connectivity index (χ3v) is 2.45. The van der Waals surface area contributed by atoms with Gasteiger partial charge >= 0.3 is 6.18 Å². The van der Waals surface area contributed by atoms with Crippen LogP contribution in [0, 0.1) is 0 Å². The maximum Gasteiger partial charge on any atom is 0.389 e. The van der Waals surface area contributed by atoms with E-state index in [4.69, 9.17) is 5.73 Å². The molecule has 0 bridgehead atoms. The van der Waals surface area contributed by atoms with Crippen LogP contribution in [0.1, 0.15) is 24.5 Å². The summed E-state index contributed by atoms with van der Waals surface area (Å²) in [7, 11) is 0. The predicted molar refractivity (Wildman–Crippen MR) is 64.1 cm³/mol. The van der Waals surface area contributed by atoms with Crippen molar-refractivity contribution in [3.8, 4) is 0 Å². The highest BCUT2D eigenvalue weighted by Gasteiger charge is 2.27.